The monoisotopic (exact) mass is 371 g/mol. The van der Waals surface area contributed by atoms with E-state index in [1.165, 1.54) is 12.8 Å². The summed E-state index contributed by atoms with van der Waals surface area (Å²) in [6.45, 7) is 3.23. The van der Waals surface area contributed by atoms with Gasteiger partial charge in [0.25, 0.3) is 0 Å². The lowest BCUT2D eigenvalue weighted by Crippen LogP contribution is -2.45. The van der Waals surface area contributed by atoms with E-state index in [-0.39, 0.29) is 24.1 Å². The predicted octanol–water partition coefficient (Wildman–Crippen LogP) is 4.02. The van der Waals surface area contributed by atoms with E-state index in [0.717, 1.165) is 37.0 Å². The summed E-state index contributed by atoms with van der Waals surface area (Å²) in [7, 11) is 1.64. The van der Waals surface area contributed by atoms with Gasteiger partial charge in [-0.3, -0.25) is 0 Å². The number of hydrogen-bond donors (Lipinski definition) is 1. The molecule has 1 aliphatic carbocycles. The fourth-order valence-electron chi connectivity index (χ4n) is 3.81. The van der Waals surface area contributed by atoms with Crippen LogP contribution < -0.4 is 14.8 Å². The second-order valence-electron chi connectivity index (χ2n) is 7.50. The molecule has 0 unspecified atom stereocenters. The highest BCUT2D eigenvalue weighted by molar-refractivity contribution is 5.74. The molecule has 1 saturated carbocycles. The van der Waals surface area contributed by atoms with Crippen LogP contribution in [0.5, 0.6) is 11.5 Å². The summed E-state index contributed by atoms with van der Waals surface area (Å²) in [6, 6.07) is 7.94. The van der Waals surface area contributed by atoms with Crippen molar-refractivity contribution < 1.29 is 14.3 Å². The maximum absolute atomic E-state index is 12.5. The summed E-state index contributed by atoms with van der Waals surface area (Å²) in [5, 5.41) is 12.0. The first kappa shape index (κ1) is 19.3. The van der Waals surface area contributed by atoms with E-state index in [0.29, 0.717) is 18.8 Å². The minimum Gasteiger partial charge on any atom is -0.493 e. The van der Waals surface area contributed by atoms with E-state index in [1.807, 2.05) is 25.1 Å². The summed E-state index contributed by atoms with van der Waals surface area (Å²) in [4.78, 5) is 14.3. The molecule has 2 amide bonds. The Morgan fingerprint density at radius 2 is 1.93 bits per heavy atom. The van der Waals surface area contributed by atoms with Gasteiger partial charge in [-0.05, 0) is 63.1 Å². The molecule has 1 aromatic rings. The van der Waals surface area contributed by atoms with E-state index in [1.54, 1.807) is 12.0 Å². The van der Waals surface area contributed by atoms with Gasteiger partial charge in [-0.15, -0.1) is 0 Å². The largest absolute Gasteiger partial charge is 0.493 e. The van der Waals surface area contributed by atoms with Crippen molar-refractivity contribution in [1.29, 1.82) is 5.26 Å². The number of carbonyl (C=O) groups is 1. The lowest BCUT2D eigenvalue weighted by molar-refractivity contribution is 0.176. The van der Waals surface area contributed by atoms with Crippen LogP contribution >= 0.6 is 0 Å². The van der Waals surface area contributed by atoms with Gasteiger partial charge in [0.15, 0.2) is 11.5 Å². The van der Waals surface area contributed by atoms with E-state index < -0.39 is 0 Å². The molecule has 0 bridgehead atoms. The smallest absolute Gasteiger partial charge is 0.317 e. The van der Waals surface area contributed by atoms with Crippen LogP contribution in [0.4, 0.5) is 4.79 Å². The maximum Gasteiger partial charge on any atom is 0.317 e. The molecule has 1 N–H and O–H groups in total. The van der Waals surface area contributed by atoms with Crippen molar-refractivity contribution in [3.05, 3.63) is 23.8 Å². The molecule has 6 heteroatoms. The van der Waals surface area contributed by atoms with Crippen molar-refractivity contribution in [3.63, 3.8) is 0 Å². The van der Waals surface area contributed by atoms with Gasteiger partial charge in [-0.2, -0.15) is 5.26 Å². The third-order valence-electron chi connectivity index (χ3n) is 5.59. The molecule has 27 heavy (non-hydrogen) atoms. The van der Waals surface area contributed by atoms with Gasteiger partial charge in [0, 0.05) is 19.0 Å². The standard InChI is InChI=1S/C21H29N3O3/c1-15(23-21(25)24-11-9-16(14-22)10-12-24)17-7-8-19(20(13-17)26-2)27-18-5-3-4-6-18/h7-8,13,15-16,18H,3-6,9-12H2,1-2H3,(H,23,25)/t15-/m0/s1. The van der Waals surface area contributed by atoms with Crippen LogP contribution in [0.2, 0.25) is 0 Å². The average Bonchev–Trinajstić information content (AvgIpc) is 3.21. The number of amides is 2. The second-order valence-corrected chi connectivity index (χ2v) is 7.50. The lowest BCUT2D eigenvalue weighted by Gasteiger charge is -2.30. The fraction of sp³-hybridized carbons (Fsp3) is 0.619. The molecule has 2 aliphatic rings. The summed E-state index contributed by atoms with van der Waals surface area (Å²) >= 11 is 0. The fourth-order valence-corrected chi connectivity index (χ4v) is 3.81. The first-order valence-electron chi connectivity index (χ1n) is 9.90. The second kappa shape index (κ2) is 8.98. The van der Waals surface area contributed by atoms with Crippen molar-refractivity contribution >= 4 is 6.03 Å². The van der Waals surface area contributed by atoms with Crippen molar-refractivity contribution in [2.45, 2.75) is 57.6 Å². The molecule has 2 fully saturated rings. The van der Waals surface area contributed by atoms with Gasteiger partial charge in [-0.25, -0.2) is 4.79 Å². The molecule has 1 heterocycles. The Bertz CT molecular complexity index is 686. The Hall–Kier alpha value is -2.42. The zero-order valence-electron chi connectivity index (χ0n) is 16.2. The molecule has 0 spiro atoms. The van der Waals surface area contributed by atoms with Crippen molar-refractivity contribution in [2.24, 2.45) is 5.92 Å². The molecule has 3 rings (SSSR count). The van der Waals surface area contributed by atoms with Crippen LogP contribution in [0.1, 0.15) is 57.1 Å². The molecule has 6 nitrogen and oxygen atoms in total. The highest BCUT2D eigenvalue weighted by Gasteiger charge is 2.24. The van der Waals surface area contributed by atoms with Crippen LogP contribution in [0.3, 0.4) is 0 Å². The van der Waals surface area contributed by atoms with E-state index >= 15 is 0 Å². The first-order chi connectivity index (χ1) is 13.1. The molecule has 1 saturated heterocycles. The number of nitrogens with zero attached hydrogens (tertiary/aromatic N) is 2. The number of benzene rings is 1. The molecular formula is C21H29N3O3. The van der Waals surface area contributed by atoms with Crippen molar-refractivity contribution in [1.82, 2.24) is 10.2 Å². The lowest BCUT2D eigenvalue weighted by atomic mass is 9.99. The van der Waals surface area contributed by atoms with Crippen LogP contribution in [-0.4, -0.2) is 37.2 Å². The minimum atomic E-state index is -0.138. The Morgan fingerprint density at radius 3 is 2.56 bits per heavy atom. The van der Waals surface area contributed by atoms with E-state index in [4.69, 9.17) is 14.7 Å². The molecular weight excluding hydrogens is 342 g/mol. The SMILES string of the molecule is COc1cc([C@H](C)NC(=O)N2CCC(C#N)CC2)ccc1OC1CCCC1. The quantitative estimate of drug-likeness (QED) is 0.848. The van der Waals surface area contributed by atoms with Gasteiger partial charge >= 0.3 is 6.03 Å². The summed E-state index contributed by atoms with van der Waals surface area (Å²) in [5.41, 5.74) is 0.978. The number of nitriles is 1. The van der Waals surface area contributed by atoms with E-state index in [9.17, 15) is 4.79 Å². The van der Waals surface area contributed by atoms with Crippen LogP contribution in [0.15, 0.2) is 18.2 Å². The maximum atomic E-state index is 12.5. The summed E-state index contributed by atoms with van der Waals surface area (Å²) in [5.74, 6) is 1.55. The highest BCUT2D eigenvalue weighted by atomic mass is 16.5. The number of rotatable bonds is 5. The predicted molar refractivity (Wildman–Crippen MR) is 103 cm³/mol. The third kappa shape index (κ3) is 4.85. The van der Waals surface area contributed by atoms with Crippen LogP contribution in [0, 0.1) is 17.2 Å². The van der Waals surface area contributed by atoms with Crippen molar-refractivity contribution in [3.8, 4) is 17.6 Å². The molecule has 0 radical (unpaired) electrons. The Balaban J connectivity index is 1.59. The number of likely N-dealkylation sites (tertiary alicyclic amines) is 1. The number of carbonyl (C=O) groups excluding carboxylic acids is 1. The number of urea groups is 1. The third-order valence-corrected chi connectivity index (χ3v) is 5.59. The Labute approximate surface area is 161 Å². The van der Waals surface area contributed by atoms with Gasteiger partial charge < -0.3 is 19.7 Å². The van der Waals surface area contributed by atoms with Crippen LogP contribution in [0.25, 0.3) is 0 Å². The minimum absolute atomic E-state index is 0.0724. The van der Waals surface area contributed by atoms with Gasteiger partial charge in [-0.1, -0.05) is 6.07 Å². The number of nitrogens with one attached hydrogen (secondary N) is 1. The highest BCUT2D eigenvalue weighted by Crippen LogP contribution is 2.33. The molecule has 146 valence electrons. The molecule has 1 aliphatic heterocycles. The first-order valence-corrected chi connectivity index (χ1v) is 9.90. The van der Waals surface area contributed by atoms with Crippen molar-refractivity contribution in [2.75, 3.05) is 20.2 Å². The summed E-state index contributed by atoms with van der Waals surface area (Å²) in [6.07, 6.45) is 6.41. The van der Waals surface area contributed by atoms with Gasteiger partial charge in [0.1, 0.15) is 0 Å². The summed E-state index contributed by atoms with van der Waals surface area (Å²) < 4.78 is 11.6. The zero-order valence-corrected chi connectivity index (χ0v) is 16.2. The number of piperidine rings is 1. The molecule has 1 atom stereocenters. The number of ether oxygens (including phenoxy) is 2. The molecule has 0 aromatic heterocycles. The molecule has 1 aromatic carbocycles. The normalized spacial score (nSPS) is 19.4. The Morgan fingerprint density at radius 1 is 1.22 bits per heavy atom. The average molecular weight is 371 g/mol. The van der Waals surface area contributed by atoms with E-state index in [2.05, 4.69) is 11.4 Å². The zero-order chi connectivity index (χ0) is 19.2. The van der Waals surface area contributed by atoms with Gasteiger partial charge in [0.05, 0.1) is 25.3 Å². The topological polar surface area (TPSA) is 74.6 Å². The van der Waals surface area contributed by atoms with Gasteiger partial charge in [0.2, 0.25) is 0 Å². The number of hydrogen-bond acceptors (Lipinski definition) is 4. The Kier molecular flexibility index (Phi) is 6.44. The van der Waals surface area contributed by atoms with Crippen LogP contribution in [-0.2, 0) is 0 Å². The number of methoxy groups -OCH3 is 1.